The summed E-state index contributed by atoms with van der Waals surface area (Å²) in [5.41, 5.74) is 1.65. The highest BCUT2D eigenvalue weighted by atomic mass is 35.5. The number of carbonyl (C=O) groups excluding carboxylic acids is 2. The fourth-order valence-corrected chi connectivity index (χ4v) is 5.95. The molecule has 1 atom stereocenters. The Morgan fingerprint density at radius 3 is 2.40 bits per heavy atom. The summed E-state index contributed by atoms with van der Waals surface area (Å²) in [6.07, 6.45) is 1.69. The molecule has 0 radical (unpaired) electrons. The molecule has 2 saturated heterocycles. The van der Waals surface area contributed by atoms with Gasteiger partial charge in [0.05, 0.1) is 23.3 Å². The SMILES string of the molecule is CC(C)(C)OC(=O)N1CCC(c2cc3c(-c4nc(NC[C@H]5CC(F)(F)CN5C(=O)OC(C)(C)C)ccc4Cl)ccnc3[nH]2)CC1. The number of rotatable bonds is 5. The normalized spacial score (nSPS) is 19.2. The Labute approximate surface area is 266 Å². The van der Waals surface area contributed by atoms with Gasteiger partial charge in [0, 0.05) is 54.8 Å². The van der Waals surface area contributed by atoms with E-state index < -0.39 is 42.2 Å². The van der Waals surface area contributed by atoms with Gasteiger partial charge in [-0.3, -0.25) is 4.90 Å². The summed E-state index contributed by atoms with van der Waals surface area (Å²) in [7, 11) is 0. The van der Waals surface area contributed by atoms with Gasteiger partial charge in [-0.25, -0.2) is 28.3 Å². The molecule has 10 nitrogen and oxygen atoms in total. The van der Waals surface area contributed by atoms with Gasteiger partial charge in [0.25, 0.3) is 5.92 Å². The van der Waals surface area contributed by atoms with Crippen molar-refractivity contribution in [3.05, 3.63) is 41.2 Å². The topological polar surface area (TPSA) is 113 Å². The fraction of sp³-hybridized carbons (Fsp3) is 0.562. The Hall–Kier alpha value is -3.67. The van der Waals surface area contributed by atoms with Crippen LogP contribution in [0.1, 0.15) is 72.4 Å². The van der Waals surface area contributed by atoms with E-state index >= 15 is 0 Å². The van der Waals surface area contributed by atoms with Crippen LogP contribution in [0.4, 0.5) is 24.2 Å². The number of likely N-dealkylation sites (tertiary alicyclic amines) is 2. The van der Waals surface area contributed by atoms with Gasteiger partial charge in [-0.15, -0.1) is 0 Å². The number of amides is 2. The van der Waals surface area contributed by atoms with Crippen molar-refractivity contribution in [1.82, 2.24) is 24.8 Å². The Bertz CT molecular complexity index is 1560. The maximum atomic E-state index is 14.4. The van der Waals surface area contributed by atoms with E-state index in [1.807, 2.05) is 26.8 Å². The molecule has 0 saturated carbocycles. The van der Waals surface area contributed by atoms with E-state index in [2.05, 4.69) is 21.4 Å². The van der Waals surface area contributed by atoms with Crippen molar-refractivity contribution >= 4 is 40.6 Å². The third-order valence-electron chi connectivity index (χ3n) is 7.76. The standard InChI is InChI=1S/C32H41ClF2N6O4/c1-30(2,3)44-28(42)40-13-10-19(11-14-40)24-15-22-21(9-12-36-27(22)38-24)26-23(33)7-8-25(39-26)37-17-20-16-32(34,35)18-41(20)29(43)45-31(4,5)6/h7-9,12,15,19-20H,10-11,13-14,16-18H2,1-6H3,(H,36,38)(H,37,39)/t20-/m1/s1. The van der Waals surface area contributed by atoms with Crippen molar-refractivity contribution in [2.24, 2.45) is 0 Å². The van der Waals surface area contributed by atoms with Crippen LogP contribution in [-0.2, 0) is 9.47 Å². The number of aromatic nitrogens is 3. The van der Waals surface area contributed by atoms with E-state index in [0.717, 1.165) is 34.4 Å². The molecule has 13 heteroatoms. The van der Waals surface area contributed by atoms with Gasteiger partial charge >= 0.3 is 12.2 Å². The largest absolute Gasteiger partial charge is 0.444 e. The summed E-state index contributed by atoms with van der Waals surface area (Å²) in [5, 5.41) is 4.39. The van der Waals surface area contributed by atoms with E-state index in [1.165, 1.54) is 0 Å². The first-order chi connectivity index (χ1) is 21.0. The molecule has 0 unspecified atom stereocenters. The molecule has 2 aliphatic heterocycles. The summed E-state index contributed by atoms with van der Waals surface area (Å²) in [4.78, 5) is 40.7. The predicted molar refractivity (Wildman–Crippen MR) is 169 cm³/mol. The molecule has 3 aromatic rings. The number of anilines is 1. The molecule has 0 aliphatic carbocycles. The number of piperidine rings is 1. The lowest BCUT2D eigenvalue weighted by molar-refractivity contribution is -0.00234. The lowest BCUT2D eigenvalue weighted by Crippen LogP contribution is -2.43. The number of ether oxygens (including phenoxy) is 2. The summed E-state index contributed by atoms with van der Waals surface area (Å²) in [6.45, 7) is 11.2. The number of alkyl halides is 2. The molecule has 244 valence electrons. The van der Waals surface area contributed by atoms with Crippen LogP contribution in [0.5, 0.6) is 0 Å². The number of halogens is 3. The number of aromatic amines is 1. The molecule has 5 heterocycles. The zero-order valence-electron chi connectivity index (χ0n) is 26.5. The van der Waals surface area contributed by atoms with Crippen molar-refractivity contribution in [3.63, 3.8) is 0 Å². The molecule has 2 amide bonds. The number of H-pyrrole nitrogens is 1. The highest BCUT2D eigenvalue weighted by molar-refractivity contribution is 6.33. The maximum Gasteiger partial charge on any atom is 0.410 e. The van der Waals surface area contributed by atoms with Gasteiger partial charge in [-0.2, -0.15) is 0 Å². The molecular weight excluding hydrogens is 606 g/mol. The van der Waals surface area contributed by atoms with E-state index in [-0.39, 0.29) is 18.6 Å². The maximum absolute atomic E-state index is 14.4. The average Bonchev–Trinajstić information content (AvgIpc) is 3.51. The number of nitrogens with zero attached hydrogens (tertiary/aromatic N) is 4. The Kier molecular flexibility index (Phi) is 8.91. The number of pyridine rings is 2. The van der Waals surface area contributed by atoms with Crippen molar-refractivity contribution in [3.8, 4) is 11.3 Å². The minimum Gasteiger partial charge on any atom is -0.444 e. The third kappa shape index (κ3) is 7.95. The third-order valence-corrected chi connectivity index (χ3v) is 8.07. The van der Waals surface area contributed by atoms with Crippen LogP contribution in [0.15, 0.2) is 30.5 Å². The molecule has 3 aromatic heterocycles. The van der Waals surface area contributed by atoms with Gasteiger partial charge in [0.1, 0.15) is 22.7 Å². The van der Waals surface area contributed by atoms with Gasteiger partial charge in [-0.1, -0.05) is 11.6 Å². The van der Waals surface area contributed by atoms with Crippen LogP contribution >= 0.6 is 11.6 Å². The number of hydrogen-bond donors (Lipinski definition) is 2. The lowest BCUT2D eigenvalue weighted by Gasteiger charge is -2.33. The van der Waals surface area contributed by atoms with Crippen LogP contribution in [0.3, 0.4) is 0 Å². The van der Waals surface area contributed by atoms with Crippen molar-refractivity contribution < 1.29 is 27.8 Å². The highest BCUT2D eigenvalue weighted by Crippen LogP contribution is 2.37. The second-order valence-corrected chi connectivity index (χ2v) is 14.2. The van der Waals surface area contributed by atoms with Crippen LogP contribution in [0, 0.1) is 0 Å². The number of carbonyl (C=O) groups is 2. The summed E-state index contributed by atoms with van der Waals surface area (Å²) >= 11 is 6.63. The molecule has 5 rings (SSSR count). The zero-order chi connectivity index (χ0) is 32.7. The molecule has 2 N–H and O–H groups in total. The molecule has 45 heavy (non-hydrogen) atoms. The van der Waals surface area contributed by atoms with Crippen molar-refractivity contribution in [2.75, 3.05) is 31.5 Å². The van der Waals surface area contributed by atoms with Crippen LogP contribution in [0.25, 0.3) is 22.3 Å². The average molecular weight is 647 g/mol. The van der Waals surface area contributed by atoms with Gasteiger partial charge in [-0.05, 0) is 78.6 Å². The summed E-state index contributed by atoms with van der Waals surface area (Å²) in [5.74, 6) is -2.37. The molecule has 0 bridgehead atoms. The lowest BCUT2D eigenvalue weighted by atomic mass is 9.93. The van der Waals surface area contributed by atoms with Crippen LogP contribution < -0.4 is 5.32 Å². The van der Waals surface area contributed by atoms with Crippen molar-refractivity contribution in [1.29, 1.82) is 0 Å². The minimum atomic E-state index is -3.01. The van der Waals surface area contributed by atoms with E-state index in [1.54, 1.807) is 44.0 Å². The van der Waals surface area contributed by atoms with E-state index in [9.17, 15) is 18.4 Å². The number of hydrogen-bond acceptors (Lipinski definition) is 7. The molecular formula is C32H41ClF2N6O4. The van der Waals surface area contributed by atoms with Crippen LogP contribution in [0.2, 0.25) is 5.02 Å². The Morgan fingerprint density at radius 2 is 1.73 bits per heavy atom. The second-order valence-electron chi connectivity index (χ2n) is 13.8. The first-order valence-electron chi connectivity index (χ1n) is 15.2. The molecule has 2 aliphatic rings. The first-order valence-corrected chi connectivity index (χ1v) is 15.6. The Morgan fingerprint density at radius 1 is 1.07 bits per heavy atom. The quantitative estimate of drug-likeness (QED) is 0.296. The number of nitrogens with one attached hydrogen (secondary N) is 2. The summed E-state index contributed by atoms with van der Waals surface area (Å²) in [6, 6.07) is 6.49. The zero-order valence-corrected chi connectivity index (χ0v) is 27.3. The molecule has 0 spiro atoms. The first kappa shape index (κ1) is 32.7. The van der Waals surface area contributed by atoms with Crippen LogP contribution in [-0.4, -0.2) is 86.3 Å². The second kappa shape index (κ2) is 12.3. The molecule has 2 fully saturated rings. The Balaban J connectivity index is 1.31. The fourth-order valence-electron chi connectivity index (χ4n) is 5.74. The summed E-state index contributed by atoms with van der Waals surface area (Å²) < 4.78 is 39.6. The van der Waals surface area contributed by atoms with Crippen molar-refractivity contribution in [2.45, 2.75) is 89.9 Å². The van der Waals surface area contributed by atoms with Gasteiger partial charge < -0.3 is 24.7 Å². The number of fused-ring (bicyclic) bond motifs is 1. The smallest absolute Gasteiger partial charge is 0.410 e. The highest BCUT2D eigenvalue weighted by Gasteiger charge is 2.48. The van der Waals surface area contributed by atoms with Gasteiger partial charge in [0.15, 0.2) is 0 Å². The van der Waals surface area contributed by atoms with E-state index in [0.29, 0.717) is 35.3 Å². The molecule has 0 aromatic carbocycles. The van der Waals surface area contributed by atoms with E-state index in [4.69, 9.17) is 26.1 Å². The predicted octanol–water partition coefficient (Wildman–Crippen LogP) is 7.45. The van der Waals surface area contributed by atoms with Gasteiger partial charge in [0.2, 0.25) is 0 Å². The monoisotopic (exact) mass is 646 g/mol. The minimum absolute atomic E-state index is 0.0605.